The van der Waals surface area contributed by atoms with Gasteiger partial charge in [-0.3, -0.25) is 11.3 Å². The molecule has 0 aromatic heterocycles. The third-order valence-electron chi connectivity index (χ3n) is 3.79. The van der Waals surface area contributed by atoms with Crippen molar-refractivity contribution in [2.45, 2.75) is 51.5 Å². The van der Waals surface area contributed by atoms with E-state index in [4.69, 9.17) is 5.84 Å². The normalized spacial score (nSPS) is 27.9. The molecule has 0 heterocycles. The van der Waals surface area contributed by atoms with Crippen LogP contribution in [0.5, 0.6) is 0 Å². The van der Waals surface area contributed by atoms with Crippen LogP contribution in [0.1, 0.15) is 45.4 Å². The van der Waals surface area contributed by atoms with E-state index in [0.717, 1.165) is 12.3 Å². The summed E-state index contributed by atoms with van der Waals surface area (Å²) in [7, 11) is -2.84. The lowest BCUT2D eigenvalue weighted by Gasteiger charge is -2.33. The summed E-state index contributed by atoms with van der Waals surface area (Å²) in [6.45, 7) is 2.29. The lowest BCUT2D eigenvalue weighted by Crippen LogP contribution is -2.42. The lowest BCUT2D eigenvalue weighted by atomic mass is 9.78. The van der Waals surface area contributed by atoms with Crippen LogP contribution in [0, 0.1) is 11.8 Å². The molecule has 3 unspecified atom stereocenters. The topological polar surface area (TPSA) is 72.2 Å². The van der Waals surface area contributed by atoms with Gasteiger partial charge in [0, 0.05) is 18.1 Å². The molecule has 0 aromatic rings. The fourth-order valence-electron chi connectivity index (χ4n) is 2.87. The van der Waals surface area contributed by atoms with E-state index in [1.54, 1.807) is 0 Å². The average molecular weight is 262 g/mol. The van der Waals surface area contributed by atoms with Crippen LogP contribution in [-0.2, 0) is 9.84 Å². The van der Waals surface area contributed by atoms with Gasteiger partial charge in [0.1, 0.15) is 9.84 Å². The van der Waals surface area contributed by atoms with Gasteiger partial charge in [-0.15, -0.1) is 0 Å². The van der Waals surface area contributed by atoms with E-state index < -0.39 is 9.84 Å². The maximum Gasteiger partial charge on any atom is 0.147 e. The van der Waals surface area contributed by atoms with Crippen molar-refractivity contribution in [3.63, 3.8) is 0 Å². The molecule has 0 radical (unpaired) electrons. The summed E-state index contributed by atoms with van der Waals surface area (Å²) in [5.41, 5.74) is 2.88. The minimum absolute atomic E-state index is 0.271. The van der Waals surface area contributed by atoms with Gasteiger partial charge in [-0.1, -0.05) is 19.8 Å². The fraction of sp³-hybridized carbons (Fsp3) is 1.00. The number of sulfone groups is 1. The Morgan fingerprint density at radius 1 is 1.41 bits per heavy atom. The smallest absolute Gasteiger partial charge is 0.147 e. The molecule has 1 aliphatic rings. The van der Waals surface area contributed by atoms with Crippen molar-refractivity contribution in [2.75, 3.05) is 12.0 Å². The maximum absolute atomic E-state index is 11.1. The van der Waals surface area contributed by atoms with E-state index >= 15 is 0 Å². The monoisotopic (exact) mass is 262 g/mol. The van der Waals surface area contributed by atoms with Crippen LogP contribution >= 0.6 is 0 Å². The third kappa shape index (κ3) is 5.84. The van der Waals surface area contributed by atoms with Gasteiger partial charge in [-0.25, -0.2) is 8.42 Å². The summed E-state index contributed by atoms with van der Waals surface area (Å²) in [5.74, 6) is 7.26. The Labute approximate surface area is 105 Å². The van der Waals surface area contributed by atoms with Gasteiger partial charge in [-0.2, -0.15) is 0 Å². The van der Waals surface area contributed by atoms with Crippen LogP contribution in [0.2, 0.25) is 0 Å². The highest BCUT2D eigenvalue weighted by molar-refractivity contribution is 7.90. The van der Waals surface area contributed by atoms with Crippen molar-refractivity contribution < 1.29 is 8.42 Å². The van der Waals surface area contributed by atoms with Gasteiger partial charge in [0.15, 0.2) is 0 Å². The van der Waals surface area contributed by atoms with Gasteiger partial charge in [0.2, 0.25) is 0 Å². The van der Waals surface area contributed by atoms with Gasteiger partial charge < -0.3 is 0 Å². The Kier molecular flexibility index (Phi) is 5.89. The number of nitrogens with two attached hydrogens (primary N) is 1. The number of nitrogens with one attached hydrogen (secondary N) is 1. The summed E-state index contributed by atoms with van der Waals surface area (Å²) in [6, 6.07) is 0.277. The van der Waals surface area contributed by atoms with Gasteiger partial charge in [0.05, 0.1) is 0 Å². The lowest BCUT2D eigenvalue weighted by molar-refractivity contribution is 0.215. The first-order valence-corrected chi connectivity index (χ1v) is 8.62. The van der Waals surface area contributed by atoms with Crippen molar-refractivity contribution in [2.24, 2.45) is 17.7 Å². The molecule has 0 aliphatic heterocycles. The van der Waals surface area contributed by atoms with Crippen LogP contribution in [-0.4, -0.2) is 26.5 Å². The molecule has 17 heavy (non-hydrogen) atoms. The van der Waals surface area contributed by atoms with Crippen LogP contribution in [0.3, 0.4) is 0 Å². The van der Waals surface area contributed by atoms with Crippen LogP contribution < -0.4 is 11.3 Å². The van der Waals surface area contributed by atoms with E-state index in [-0.39, 0.29) is 11.8 Å². The van der Waals surface area contributed by atoms with E-state index in [1.807, 2.05) is 0 Å². The van der Waals surface area contributed by atoms with Crippen molar-refractivity contribution in [1.29, 1.82) is 0 Å². The molecule has 4 nitrogen and oxygen atoms in total. The first kappa shape index (κ1) is 14.9. The molecule has 1 saturated carbocycles. The average Bonchev–Trinajstić information content (AvgIpc) is 2.23. The molecule has 0 amide bonds. The van der Waals surface area contributed by atoms with Crippen LogP contribution in [0.15, 0.2) is 0 Å². The quantitative estimate of drug-likeness (QED) is 0.561. The third-order valence-corrected chi connectivity index (χ3v) is 4.82. The molecule has 0 saturated heterocycles. The maximum atomic E-state index is 11.1. The van der Waals surface area contributed by atoms with Crippen molar-refractivity contribution in [3.05, 3.63) is 0 Å². The number of hydrogen-bond acceptors (Lipinski definition) is 4. The summed E-state index contributed by atoms with van der Waals surface area (Å²) in [5, 5.41) is 0. The zero-order valence-electron chi connectivity index (χ0n) is 11.0. The number of hydrazine groups is 1. The Hall–Kier alpha value is -0.130. The van der Waals surface area contributed by atoms with Gasteiger partial charge >= 0.3 is 0 Å². The molecule has 0 spiro atoms. The Morgan fingerprint density at radius 3 is 2.65 bits per heavy atom. The zero-order valence-corrected chi connectivity index (χ0v) is 11.8. The Bertz CT molecular complexity index is 316. The van der Waals surface area contributed by atoms with Gasteiger partial charge in [0.25, 0.3) is 0 Å². The molecule has 0 bridgehead atoms. The molecular weight excluding hydrogens is 236 g/mol. The Morgan fingerprint density at radius 2 is 2.12 bits per heavy atom. The highest BCUT2D eigenvalue weighted by atomic mass is 32.2. The largest absolute Gasteiger partial charge is 0.271 e. The van der Waals surface area contributed by atoms with Crippen molar-refractivity contribution in [1.82, 2.24) is 5.43 Å². The first-order chi connectivity index (χ1) is 7.92. The van der Waals surface area contributed by atoms with E-state index in [2.05, 4.69) is 12.3 Å². The predicted molar refractivity (Wildman–Crippen MR) is 71.2 cm³/mol. The highest BCUT2D eigenvalue weighted by Crippen LogP contribution is 2.31. The summed E-state index contributed by atoms with van der Waals surface area (Å²) >= 11 is 0. The molecule has 3 atom stereocenters. The second-order valence-corrected chi connectivity index (χ2v) is 7.84. The molecular formula is C12H26N2O2S. The van der Waals surface area contributed by atoms with E-state index in [9.17, 15) is 8.42 Å². The molecule has 102 valence electrons. The predicted octanol–water partition coefficient (Wildman–Crippen LogP) is 1.47. The molecule has 1 fully saturated rings. The van der Waals surface area contributed by atoms with E-state index in [0.29, 0.717) is 12.3 Å². The minimum Gasteiger partial charge on any atom is -0.271 e. The van der Waals surface area contributed by atoms with Crippen molar-refractivity contribution >= 4 is 9.84 Å². The zero-order chi connectivity index (χ0) is 12.9. The van der Waals surface area contributed by atoms with Crippen LogP contribution in [0.25, 0.3) is 0 Å². The van der Waals surface area contributed by atoms with Crippen molar-refractivity contribution in [3.8, 4) is 0 Å². The molecule has 1 rings (SSSR count). The second kappa shape index (κ2) is 6.71. The molecule has 3 N–H and O–H groups in total. The Balaban J connectivity index is 2.37. The molecule has 5 heteroatoms. The summed E-state index contributed by atoms with van der Waals surface area (Å²) in [4.78, 5) is 0. The molecule has 1 aliphatic carbocycles. The summed E-state index contributed by atoms with van der Waals surface area (Å²) < 4.78 is 22.2. The summed E-state index contributed by atoms with van der Waals surface area (Å²) in [6.07, 6.45) is 7.89. The number of rotatable bonds is 6. The minimum atomic E-state index is -2.84. The number of hydrogen-bond donors (Lipinski definition) is 2. The first-order valence-electron chi connectivity index (χ1n) is 6.56. The second-order valence-electron chi connectivity index (χ2n) is 5.58. The molecule has 0 aromatic carbocycles. The fourth-order valence-corrected chi connectivity index (χ4v) is 3.56. The van der Waals surface area contributed by atoms with Gasteiger partial charge in [-0.05, 0) is 37.5 Å². The van der Waals surface area contributed by atoms with E-state index in [1.165, 1.54) is 31.9 Å². The highest BCUT2D eigenvalue weighted by Gasteiger charge is 2.25. The SMILES string of the molecule is CC1CCCC(C(CCCS(C)(=O)=O)NN)C1. The van der Waals surface area contributed by atoms with Crippen LogP contribution in [0.4, 0.5) is 0 Å². The standard InChI is InChI=1S/C12H26N2O2S/c1-10-5-3-6-11(9-10)12(14-13)7-4-8-17(2,15)16/h10-12,14H,3-9,13H2,1-2H3.